The first-order valence-electron chi connectivity index (χ1n) is 5.96. The lowest BCUT2D eigenvalue weighted by Crippen LogP contribution is -2.38. The summed E-state index contributed by atoms with van der Waals surface area (Å²) >= 11 is 0. The largest absolute Gasteiger partial charge is 0.481 e. The molecule has 0 radical (unpaired) electrons. The van der Waals surface area contributed by atoms with Crippen molar-refractivity contribution in [1.29, 1.82) is 0 Å². The number of nitrogens with zero attached hydrogens (tertiary/aromatic N) is 1. The van der Waals surface area contributed by atoms with E-state index in [0.29, 0.717) is 0 Å². The SMILES string of the molecule is CN(CCC(=O)O)S(=O)(=O)NCc1ccc(CO)cc1. The molecule has 3 N–H and O–H groups in total. The summed E-state index contributed by atoms with van der Waals surface area (Å²) in [6.45, 7) is -0.0521. The molecule has 112 valence electrons. The minimum Gasteiger partial charge on any atom is -0.481 e. The van der Waals surface area contributed by atoms with Crippen LogP contribution in [-0.2, 0) is 28.2 Å². The minimum absolute atomic E-state index is 0.0655. The third-order valence-corrected chi connectivity index (χ3v) is 4.23. The first-order valence-corrected chi connectivity index (χ1v) is 7.40. The molecular formula is C12H18N2O5S. The average molecular weight is 302 g/mol. The van der Waals surface area contributed by atoms with Gasteiger partial charge >= 0.3 is 5.97 Å². The first kappa shape index (κ1) is 16.6. The van der Waals surface area contributed by atoms with Crippen molar-refractivity contribution >= 4 is 16.2 Å². The van der Waals surface area contributed by atoms with Crippen LogP contribution in [0, 0.1) is 0 Å². The average Bonchev–Trinajstić information content (AvgIpc) is 2.43. The summed E-state index contributed by atoms with van der Waals surface area (Å²) in [4.78, 5) is 10.4. The molecule has 1 rings (SSSR count). The van der Waals surface area contributed by atoms with Gasteiger partial charge in [-0.25, -0.2) is 0 Å². The van der Waals surface area contributed by atoms with E-state index in [-0.39, 0.29) is 26.1 Å². The number of hydrogen-bond donors (Lipinski definition) is 3. The summed E-state index contributed by atoms with van der Waals surface area (Å²) in [6, 6.07) is 6.84. The van der Waals surface area contributed by atoms with Crippen molar-refractivity contribution in [3.63, 3.8) is 0 Å². The summed E-state index contributed by atoms with van der Waals surface area (Å²) in [7, 11) is -2.38. The number of hydrogen-bond acceptors (Lipinski definition) is 4. The molecule has 1 aromatic carbocycles. The highest BCUT2D eigenvalue weighted by atomic mass is 32.2. The predicted octanol–water partition coefficient (Wildman–Crippen LogP) is -0.0802. The zero-order valence-corrected chi connectivity index (χ0v) is 11.9. The Bertz CT molecular complexity index is 541. The van der Waals surface area contributed by atoms with Gasteiger partial charge in [-0.05, 0) is 11.1 Å². The van der Waals surface area contributed by atoms with Gasteiger partial charge in [-0.15, -0.1) is 0 Å². The van der Waals surface area contributed by atoms with Gasteiger partial charge in [0.05, 0.1) is 13.0 Å². The Labute approximate surface area is 118 Å². The zero-order chi connectivity index (χ0) is 15.2. The predicted molar refractivity (Wildman–Crippen MR) is 73.0 cm³/mol. The Balaban J connectivity index is 2.55. The normalized spacial score (nSPS) is 11.8. The molecule has 0 aliphatic heterocycles. The quantitative estimate of drug-likeness (QED) is 0.622. The summed E-state index contributed by atoms with van der Waals surface area (Å²) in [5.74, 6) is -1.05. The third-order valence-electron chi connectivity index (χ3n) is 2.72. The monoisotopic (exact) mass is 302 g/mol. The second-order valence-corrected chi connectivity index (χ2v) is 6.13. The van der Waals surface area contributed by atoms with Crippen LogP contribution in [0.2, 0.25) is 0 Å². The molecule has 0 aromatic heterocycles. The maximum atomic E-state index is 11.8. The number of rotatable bonds is 8. The molecule has 0 aliphatic rings. The molecule has 20 heavy (non-hydrogen) atoms. The molecule has 0 saturated heterocycles. The molecule has 8 heteroatoms. The number of carbonyl (C=O) groups is 1. The van der Waals surface area contributed by atoms with Gasteiger partial charge < -0.3 is 10.2 Å². The van der Waals surface area contributed by atoms with Crippen molar-refractivity contribution in [1.82, 2.24) is 9.03 Å². The summed E-state index contributed by atoms with van der Waals surface area (Å²) in [5, 5.41) is 17.4. The fourth-order valence-electron chi connectivity index (χ4n) is 1.42. The molecule has 0 unspecified atom stereocenters. The second kappa shape index (κ2) is 7.34. The lowest BCUT2D eigenvalue weighted by molar-refractivity contribution is -0.137. The maximum Gasteiger partial charge on any atom is 0.304 e. The molecule has 0 atom stereocenters. The molecule has 0 spiro atoms. The Hall–Kier alpha value is -1.48. The van der Waals surface area contributed by atoms with Gasteiger partial charge in [0.1, 0.15) is 0 Å². The van der Waals surface area contributed by atoms with Crippen LogP contribution in [0.15, 0.2) is 24.3 Å². The fraction of sp³-hybridized carbons (Fsp3) is 0.417. The summed E-state index contributed by atoms with van der Waals surface area (Å²) in [5.41, 5.74) is 1.49. The highest BCUT2D eigenvalue weighted by Crippen LogP contribution is 2.05. The number of carboxylic acids is 1. The van der Waals surface area contributed by atoms with Crippen LogP contribution in [-0.4, -0.2) is 42.5 Å². The first-order chi connectivity index (χ1) is 9.35. The molecule has 0 aliphatic carbocycles. The highest BCUT2D eigenvalue weighted by Gasteiger charge is 2.17. The van der Waals surface area contributed by atoms with Crippen molar-refractivity contribution in [3.05, 3.63) is 35.4 Å². The van der Waals surface area contributed by atoms with Crippen molar-refractivity contribution in [2.75, 3.05) is 13.6 Å². The van der Waals surface area contributed by atoms with E-state index in [0.717, 1.165) is 15.4 Å². The van der Waals surface area contributed by atoms with E-state index in [2.05, 4.69) is 4.72 Å². The van der Waals surface area contributed by atoms with Crippen molar-refractivity contribution in [2.24, 2.45) is 0 Å². The molecule has 7 nitrogen and oxygen atoms in total. The maximum absolute atomic E-state index is 11.8. The van der Waals surface area contributed by atoms with E-state index < -0.39 is 16.2 Å². The fourth-order valence-corrected chi connectivity index (χ4v) is 2.32. The van der Waals surface area contributed by atoms with Gasteiger partial charge in [-0.2, -0.15) is 17.4 Å². The van der Waals surface area contributed by atoms with E-state index in [1.807, 2.05) is 0 Å². The van der Waals surface area contributed by atoms with Crippen LogP contribution < -0.4 is 4.72 Å². The number of nitrogens with one attached hydrogen (secondary N) is 1. The van der Waals surface area contributed by atoms with Gasteiger partial charge in [-0.3, -0.25) is 4.79 Å². The second-order valence-electron chi connectivity index (χ2n) is 4.27. The Morgan fingerprint density at radius 2 is 1.80 bits per heavy atom. The van der Waals surface area contributed by atoms with Crippen LogP contribution in [0.5, 0.6) is 0 Å². The molecule has 0 amide bonds. The minimum atomic E-state index is -3.70. The van der Waals surface area contributed by atoms with E-state index >= 15 is 0 Å². The van der Waals surface area contributed by atoms with Crippen molar-refractivity contribution in [3.8, 4) is 0 Å². The Morgan fingerprint density at radius 3 is 2.30 bits per heavy atom. The van der Waals surface area contributed by atoms with Crippen LogP contribution in [0.1, 0.15) is 17.5 Å². The van der Waals surface area contributed by atoms with Crippen LogP contribution >= 0.6 is 0 Å². The summed E-state index contributed by atoms with van der Waals surface area (Å²) < 4.78 is 27.0. The topological polar surface area (TPSA) is 107 Å². The Kier molecular flexibility index (Phi) is 6.08. The molecular weight excluding hydrogens is 284 g/mol. The number of aliphatic hydroxyl groups is 1. The van der Waals surface area contributed by atoms with Gasteiger partial charge in [0.2, 0.25) is 0 Å². The van der Waals surface area contributed by atoms with Crippen LogP contribution in [0.4, 0.5) is 0 Å². The number of benzene rings is 1. The van der Waals surface area contributed by atoms with E-state index in [9.17, 15) is 13.2 Å². The Morgan fingerprint density at radius 1 is 1.25 bits per heavy atom. The van der Waals surface area contributed by atoms with E-state index in [4.69, 9.17) is 10.2 Å². The van der Waals surface area contributed by atoms with Gasteiger partial charge in [0.25, 0.3) is 10.2 Å². The number of carboxylic acid groups (broad SMARTS) is 1. The highest BCUT2D eigenvalue weighted by molar-refractivity contribution is 7.87. The van der Waals surface area contributed by atoms with Crippen molar-refractivity contribution < 1.29 is 23.4 Å². The number of aliphatic carboxylic acids is 1. The van der Waals surface area contributed by atoms with Gasteiger partial charge in [0, 0.05) is 20.1 Å². The van der Waals surface area contributed by atoms with Crippen LogP contribution in [0.3, 0.4) is 0 Å². The third kappa shape index (κ3) is 5.25. The smallest absolute Gasteiger partial charge is 0.304 e. The van der Waals surface area contributed by atoms with Gasteiger partial charge in [-0.1, -0.05) is 24.3 Å². The standard InChI is InChI=1S/C12H18N2O5S/c1-14(7-6-12(16)17)20(18,19)13-8-10-2-4-11(9-15)5-3-10/h2-5,13,15H,6-9H2,1H3,(H,16,17). The summed E-state index contributed by atoms with van der Waals surface area (Å²) in [6.07, 6.45) is -0.247. The molecule has 0 heterocycles. The molecule has 1 aromatic rings. The zero-order valence-electron chi connectivity index (χ0n) is 11.1. The molecule has 0 bridgehead atoms. The van der Waals surface area contributed by atoms with E-state index in [1.165, 1.54) is 7.05 Å². The van der Waals surface area contributed by atoms with Crippen LogP contribution in [0.25, 0.3) is 0 Å². The van der Waals surface area contributed by atoms with E-state index in [1.54, 1.807) is 24.3 Å². The van der Waals surface area contributed by atoms with Crippen molar-refractivity contribution in [2.45, 2.75) is 19.6 Å². The number of aliphatic hydroxyl groups excluding tert-OH is 1. The molecule has 0 fully saturated rings. The lowest BCUT2D eigenvalue weighted by Gasteiger charge is -2.16. The lowest BCUT2D eigenvalue weighted by atomic mass is 10.1. The van der Waals surface area contributed by atoms with Gasteiger partial charge in [0.15, 0.2) is 0 Å². The molecule has 0 saturated carbocycles.